The molecular formula is C21H35N3O3. The van der Waals surface area contributed by atoms with Gasteiger partial charge >= 0.3 is 6.09 Å². The highest BCUT2D eigenvalue weighted by atomic mass is 16.6. The Morgan fingerprint density at radius 1 is 0.926 bits per heavy atom. The minimum absolute atomic E-state index is 0.00176. The fourth-order valence-electron chi connectivity index (χ4n) is 2.44. The van der Waals surface area contributed by atoms with Gasteiger partial charge in [0.15, 0.2) is 0 Å². The molecular weight excluding hydrogens is 342 g/mol. The van der Waals surface area contributed by atoms with Gasteiger partial charge in [0.05, 0.1) is 0 Å². The molecule has 1 rings (SSSR count). The number of carbonyl (C=O) groups is 2. The smallest absolute Gasteiger partial charge is 0.409 e. The van der Waals surface area contributed by atoms with E-state index < -0.39 is 11.5 Å². The Kier molecular flexibility index (Phi) is 7.69. The van der Waals surface area contributed by atoms with Gasteiger partial charge in [-0.2, -0.15) is 0 Å². The maximum atomic E-state index is 12.2. The van der Waals surface area contributed by atoms with Crippen LogP contribution in [0.5, 0.6) is 0 Å². The quantitative estimate of drug-likeness (QED) is 0.815. The van der Waals surface area contributed by atoms with Crippen LogP contribution in [-0.4, -0.2) is 54.5 Å². The average molecular weight is 378 g/mol. The van der Waals surface area contributed by atoms with E-state index in [0.717, 1.165) is 11.3 Å². The van der Waals surface area contributed by atoms with Crippen LogP contribution in [-0.2, 0) is 16.1 Å². The molecule has 0 aliphatic heterocycles. The van der Waals surface area contributed by atoms with Crippen LogP contribution in [0.2, 0.25) is 0 Å². The standard InChI is InChI=1S/C21H35N3O3/c1-20(2,3)18(25)23(7)13-14-24(8)19(26)27-15-16-9-11-17(12-10-16)22-21(4,5)6/h9-12,22H,13-15H2,1-8H3. The molecule has 0 saturated carbocycles. The fourth-order valence-corrected chi connectivity index (χ4v) is 2.44. The molecule has 27 heavy (non-hydrogen) atoms. The first-order valence-electron chi connectivity index (χ1n) is 9.30. The number of carbonyl (C=O) groups excluding carboxylic acids is 2. The molecule has 0 aliphatic carbocycles. The van der Waals surface area contributed by atoms with E-state index in [1.165, 1.54) is 4.90 Å². The summed E-state index contributed by atoms with van der Waals surface area (Å²) < 4.78 is 5.35. The van der Waals surface area contributed by atoms with Gasteiger partial charge in [-0.15, -0.1) is 0 Å². The van der Waals surface area contributed by atoms with E-state index in [2.05, 4.69) is 26.1 Å². The lowest BCUT2D eigenvalue weighted by atomic mass is 9.95. The lowest BCUT2D eigenvalue weighted by Gasteiger charge is -2.27. The van der Waals surface area contributed by atoms with Crippen molar-refractivity contribution in [1.29, 1.82) is 0 Å². The number of amides is 2. The molecule has 0 bridgehead atoms. The molecule has 0 spiro atoms. The number of ether oxygens (including phenoxy) is 1. The average Bonchev–Trinajstić information content (AvgIpc) is 2.55. The lowest BCUT2D eigenvalue weighted by Crippen LogP contribution is -2.41. The summed E-state index contributed by atoms with van der Waals surface area (Å²) in [7, 11) is 3.42. The van der Waals surface area contributed by atoms with Crippen molar-refractivity contribution in [2.45, 2.75) is 53.7 Å². The molecule has 6 nitrogen and oxygen atoms in total. The minimum atomic E-state index is -0.429. The molecule has 0 fully saturated rings. The summed E-state index contributed by atoms with van der Waals surface area (Å²) in [6, 6.07) is 7.84. The largest absolute Gasteiger partial charge is 0.445 e. The zero-order chi connectivity index (χ0) is 20.8. The predicted molar refractivity (Wildman–Crippen MR) is 110 cm³/mol. The third-order valence-corrected chi connectivity index (χ3v) is 3.91. The maximum absolute atomic E-state index is 12.2. The van der Waals surface area contributed by atoms with Crippen LogP contribution in [0.4, 0.5) is 10.5 Å². The van der Waals surface area contributed by atoms with Gasteiger partial charge in [-0.25, -0.2) is 4.79 Å². The van der Waals surface area contributed by atoms with Crippen LogP contribution in [0.1, 0.15) is 47.1 Å². The first-order valence-corrected chi connectivity index (χ1v) is 9.30. The summed E-state index contributed by atoms with van der Waals surface area (Å²) in [5, 5.41) is 3.39. The van der Waals surface area contributed by atoms with E-state index in [0.29, 0.717) is 13.1 Å². The molecule has 1 N–H and O–H groups in total. The van der Waals surface area contributed by atoms with E-state index in [1.54, 1.807) is 19.0 Å². The third-order valence-electron chi connectivity index (χ3n) is 3.91. The molecule has 0 atom stereocenters. The van der Waals surface area contributed by atoms with Gasteiger partial charge in [0.25, 0.3) is 0 Å². The number of anilines is 1. The van der Waals surface area contributed by atoms with Gasteiger partial charge in [0, 0.05) is 43.8 Å². The van der Waals surface area contributed by atoms with Crippen molar-refractivity contribution in [2.24, 2.45) is 5.41 Å². The summed E-state index contributed by atoms with van der Waals surface area (Å²) in [4.78, 5) is 27.4. The number of hydrogen-bond donors (Lipinski definition) is 1. The van der Waals surface area contributed by atoms with Crippen molar-refractivity contribution in [1.82, 2.24) is 9.80 Å². The molecule has 0 heterocycles. The Morgan fingerprint density at radius 2 is 1.44 bits per heavy atom. The van der Waals surface area contributed by atoms with E-state index >= 15 is 0 Å². The van der Waals surface area contributed by atoms with Gasteiger partial charge in [-0.1, -0.05) is 32.9 Å². The second-order valence-electron chi connectivity index (χ2n) is 9.02. The Hall–Kier alpha value is -2.24. The Bertz CT molecular complexity index is 628. The zero-order valence-corrected chi connectivity index (χ0v) is 18.0. The summed E-state index contributed by atoms with van der Waals surface area (Å²) in [5.74, 6) is 0.0493. The number of likely N-dealkylation sites (N-methyl/N-ethyl adjacent to an activating group) is 2. The van der Waals surface area contributed by atoms with E-state index in [1.807, 2.05) is 45.0 Å². The number of nitrogens with zero attached hydrogens (tertiary/aromatic N) is 2. The SMILES string of the molecule is CN(CCN(C)C(=O)C(C)(C)C)C(=O)OCc1ccc(NC(C)(C)C)cc1. The van der Waals surface area contributed by atoms with Crippen molar-refractivity contribution in [3.63, 3.8) is 0 Å². The highest BCUT2D eigenvalue weighted by molar-refractivity contribution is 5.81. The van der Waals surface area contributed by atoms with Crippen molar-refractivity contribution >= 4 is 17.7 Å². The zero-order valence-electron chi connectivity index (χ0n) is 18.0. The Labute approximate surface area is 163 Å². The minimum Gasteiger partial charge on any atom is -0.445 e. The van der Waals surface area contributed by atoms with Crippen LogP contribution < -0.4 is 5.32 Å². The maximum Gasteiger partial charge on any atom is 0.409 e. The van der Waals surface area contributed by atoms with Crippen LogP contribution in [0.3, 0.4) is 0 Å². The molecule has 0 aromatic heterocycles. The Morgan fingerprint density at radius 3 is 1.93 bits per heavy atom. The summed E-state index contributed by atoms with van der Waals surface area (Å²) in [6.45, 7) is 13.1. The normalized spacial score (nSPS) is 11.7. The summed E-state index contributed by atoms with van der Waals surface area (Å²) in [6.07, 6.45) is -0.400. The second kappa shape index (κ2) is 9.11. The van der Waals surface area contributed by atoms with Gasteiger partial charge in [-0.05, 0) is 38.5 Å². The van der Waals surface area contributed by atoms with Crippen molar-refractivity contribution in [3.8, 4) is 0 Å². The molecule has 2 amide bonds. The predicted octanol–water partition coefficient (Wildman–Crippen LogP) is 3.97. The number of rotatable bonds is 6. The molecule has 0 unspecified atom stereocenters. The monoisotopic (exact) mass is 377 g/mol. The summed E-state index contributed by atoms with van der Waals surface area (Å²) in [5.41, 5.74) is 1.53. The third kappa shape index (κ3) is 8.33. The highest BCUT2D eigenvalue weighted by Gasteiger charge is 2.25. The molecule has 0 saturated heterocycles. The van der Waals surface area contributed by atoms with Gasteiger partial charge < -0.3 is 19.9 Å². The van der Waals surface area contributed by atoms with Gasteiger partial charge in [0.1, 0.15) is 6.61 Å². The molecule has 1 aromatic rings. The lowest BCUT2D eigenvalue weighted by molar-refractivity contribution is -0.138. The number of nitrogens with one attached hydrogen (secondary N) is 1. The molecule has 0 radical (unpaired) electrons. The summed E-state index contributed by atoms with van der Waals surface area (Å²) >= 11 is 0. The van der Waals surface area contributed by atoms with Gasteiger partial charge in [0.2, 0.25) is 5.91 Å². The van der Waals surface area contributed by atoms with E-state index in [9.17, 15) is 9.59 Å². The van der Waals surface area contributed by atoms with Crippen LogP contribution in [0.25, 0.3) is 0 Å². The van der Waals surface area contributed by atoms with Crippen molar-refractivity contribution in [2.75, 3.05) is 32.5 Å². The topological polar surface area (TPSA) is 61.9 Å². The first-order chi connectivity index (χ1) is 12.3. The van der Waals surface area contributed by atoms with Crippen LogP contribution >= 0.6 is 0 Å². The van der Waals surface area contributed by atoms with E-state index in [4.69, 9.17) is 4.74 Å². The molecule has 1 aromatic carbocycles. The number of hydrogen-bond acceptors (Lipinski definition) is 4. The molecule has 0 aliphatic rings. The van der Waals surface area contributed by atoms with Crippen LogP contribution in [0, 0.1) is 5.41 Å². The van der Waals surface area contributed by atoms with E-state index in [-0.39, 0.29) is 18.1 Å². The second-order valence-corrected chi connectivity index (χ2v) is 9.02. The molecule has 152 valence electrons. The van der Waals surface area contributed by atoms with Crippen molar-refractivity contribution < 1.29 is 14.3 Å². The molecule has 6 heteroatoms. The first kappa shape index (κ1) is 22.8. The fraction of sp³-hybridized carbons (Fsp3) is 0.619. The van der Waals surface area contributed by atoms with Crippen molar-refractivity contribution in [3.05, 3.63) is 29.8 Å². The number of benzene rings is 1. The highest BCUT2D eigenvalue weighted by Crippen LogP contribution is 2.17. The van der Waals surface area contributed by atoms with Gasteiger partial charge in [-0.3, -0.25) is 4.79 Å². The van der Waals surface area contributed by atoms with Crippen LogP contribution in [0.15, 0.2) is 24.3 Å². The Balaban J connectivity index is 2.44.